The molecule has 0 bridgehead atoms. The van der Waals surface area contributed by atoms with Crippen molar-refractivity contribution in [3.63, 3.8) is 0 Å². The van der Waals surface area contributed by atoms with Crippen LogP contribution in [0.3, 0.4) is 0 Å². The Hall–Kier alpha value is -3.25. The number of benzene rings is 2. The molecule has 0 saturated heterocycles. The summed E-state index contributed by atoms with van der Waals surface area (Å²) in [6.07, 6.45) is 2.89. The van der Waals surface area contributed by atoms with Crippen molar-refractivity contribution in [3.8, 4) is 11.5 Å². The standard InChI is InChI=1S/C27H33N3O3/c1-20-7-10-22(11-8-20)27-23-6-5-14-29(23)16-17-30(27)19-26(31)28(2)15-13-21-9-12-24(32-3)25(18-21)33-4/h5-12,14,18,27H,13,15-17,19H2,1-4H3. The van der Waals surface area contributed by atoms with E-state index in [4.69, 9.17) is 9.47 Å². The van der Waals surface area contributed by atoms with E-state index >= 15 is 0 Å². The number of aromatic nitrogens is 1. The zero-order valence-electron chi connectivity index (χ0n) is 20.0. The maximum atomic E-state index is 13.2. The molecule has 33 heavy (non-hydrogen) atoms. The molecule has 1 atom stereocenters. The van der Waals surface area contributed by atoms with Crippen LogP contribution in [0.25, 0.3) is 0 Å². The van der Waals surface area contributed by atoms with Crippen LogP contribution in [0.5, 0.6) is 11.5 Å². The van der Waals surface area contributed by atoms with E-state index in [1.165, 1.54) is 16.8 Å². The number of hydrogen-bond acceptors (Lipinski definition) is 4. The Labute approximate surface area is 196 Å². The number of carbonyl (C=O) groups is 1. The summed E-state index contributed by atoms with van der Waals surface area (Å²) in [7, 11) is 5.15. The van der Waals surface area contributed by atoms with Crippen molar-refractivity contribution in [2.45, 2.75) is 25.9 Å². The molecule has 0 aliphatic carbocycles. The number of likely N-dealkylation sites (N-methyl/N-ethyl adjacent to an activating group) is 1. The topological polar surface area (TPSA) is 46.9 Å². The number of hydrogen-bond donors (Lipinski definition) is 0. The van der Waals surface area contributed by atoms with Crippen LogP contribution in [0, 0.1) is 6.92 Å². The first-order chi connectivity index (χ1) is 16.0. The van der Waals surface area contributed by atoms with Crippen molar-refractivity contribution in [1.29, 1.82) is 0 Å². The van der Waals surface area contributed by atoms with Gasteiger partial charge in [-0.05, 0) is 48.7 Å². The second kappa shape index (κ2) is 10.1. The van der Waals surface area contributed by atoms with E-state index in [2.05, 4.69) is 59.0 Å². The van der Waals surface area contributed by atoms with Crippen LogP contribution in [0.2, 0.25) is 0 Å². The molecule has 0 fully saturated rings. The highest BCUT2D eigenvalue weighted by atomic mass is 16.5. The van der Waals surface area contributed by atoms with Crippen LogP contribution in [0.15, 0.2) is 60.8 Å². The summed E-state index contributed by atoms with van der Waals surface area (Å²) in [5.41, 5.74) is 4.81. The van der Waals surface area contributed by atoms with Crippen LogP contribution < -0.4 is 9.47 Å². The molecule has 1 unspecified atom stereocenters. The fraction of sp³-hybridized carbons (Fsp3) is 0.370. The normalized spacial score (nSPS) is 15.7. The molecule has 2 heterocycles. The van der Waals surface area contributed by atoms with Crippen molar-refractivity contribution in [2.75, 3.05) is 40.9 Å². The molecule has 0 saturated carbocycles. The van der Waals surface area contributed by atoms with Crippen molar-refractivity contribution in [1.82, 2.24) is 14.4 Å². The molecular weight excluding hydrogens is 414 g/mol. The highest BCUT2D eigenvalue weighted by Crippen LogP contribution is 2.32. The van der Waals surface area contributed by atoms with E-state index < -0.39 is 0 Å². The lowest BCUT2D eigenvalue weighted by molar-refractivity contribution is -0.131. The second-order valence-electron chi connectivity index (χ2n) is 8.66. The molecule has 0 radical (unpaired) electrons. The van der Waals surface area contributed by atoms with Crippen LogP contribution in [0.1, 0.15) is 28.4 Å². The first kappa shape index (κ1) is 22.9. The lowest BCUT2D eigenvalue weighted by Gasteiger charge is -2.37. The van der Waals surface area contributed by atoms with Gasteiger partial charge in [0.25, 0.3) is 0 Å². The molecule has 0 spiro atoms. The Balaban J connectivity index is 1.43. The molecule has 0 N–H and O–H groups in total. The molecule has 6 heteroatoms. The number of carbonyl (C=O) groups excluding carboxylic acids is 1. The molecule has 3 aromatic rings. The molecule has 174 valence electrons. The first-order valence-corrected chi connectivity index (χ1v) is 11.4. The Kier molecular flexibility index (Phi) is 7.04. The highest BCUT2D eigenvalue weighted by molar-refractivity contribution is 5.78. The Morgan fingerprint density at radius 2 is 1.79 bits per heavy atom. The number of methoxy groups -OCH3 is 2. The number of rotatable bonds is 8. The number of aryl methyl sites for hydroxylation is 1. The van der Waals surface area contributed by atoms with Gasteiger partial charge in [-0.15, -0.1) is 0 Å². The summed E-state index contributed by atoms with van der Waals surface area (Å²) < 4.78 is 13.0. The predicted octanol–water partition coefficient (Wildman–Crippen LogP) is 3.92. The van der Waals surface area contributed by atoms with Crippen LogP contribution in [0.4, 0.5) is 0 Å². The lowest BCUT2D eigenvalue weighted by atomic mass is 9.99. The lowest BCUT2D eigenvalue weighted by Crippen LogP contribution is -2.45. The zero-order chi connectivity index (χ0) is 23.4. The van der Waals surface area contributed by atoms with Gasteiger partial charge in [0.1, 0.15) is 0 Å². The summed E-state index contributed by atoms with van der Waals surface area (Å²) in [4.78, 5) is 17.3. The van der Waals surface area contributed by atoms with Gasteiger partial charge in [0.15, 0.2) is 11.5 Å². The minimum absolute atomic E-state index is 0.0811. The number of fused-ring (bicyclic) bond motifs is 1. The van der Waals surface area contributed by atoms with Crippen molar-refractivity contribution < 1.29 is 14.3 Å². The van der Waals surface area contributed by atoms with Gasteiger partial charge >= 0.3 is 0 Å². The van der Waals surface area contributed by atoms with E-state index in [1.54, 1.807) is 14.2 Å². The molecule has 1 aliphatic heterocycles. The molecule has 1 aromatic heterocycles. The van der Waals surface area contributed by atoms with Gasteiger partial charge in [-0.25, -0.2) is 0 Å². The third-order valence-electron chi connectivity index (χ3n) is 6.48. The van der Waals surface area contributed by atoms with Gasteiger partial charge in [-0.2, -0.15) is 0 Å². The number of ether oxygens (including phenoxy) is 2. The summed E-state index contributed by atoms with van der Waals surface area (Å²) in [6, 6.07) is 18.9. The van der Waals surface area contributed by atoms with E-state index in [0.29, 0.717) is 24.6 Å². The minimum atomic E-state index is 0.0811. The number of amides is 1. The van der Waals surface area contributed by atoms with E-state index in [-0.39, 0.29) is 11.9 Å². The SMILES string of the molecule is COc1ccc(CCN(C)C(=O)CN2CCn3cccc3C2c2ccc(C)cc2)cc1OC. The Morgan fingerprint density at radius 3 is 2.52 bits per heavy atom. The fourth-order valence-corrected chi connectivity index (χ4v) is 4.48. The Morgan fingerprint density at radius 1 is 1.03 bits per heavy atom. The molecule has 4 rings (SSSR count). The molecule has 2 aromatic carbocycles. The van der Waals surface area contributed by atoms with E-state index in [1.807, 2.05) is 30.1 Å². The Bertz CT molecular complexity index is 1090. The van der Waals surface area contributed by atoms with Gasteiger partial charge in [0.05, 0.1) is 26.8 Å². The fourth-order valence-electron chi connectivity index (χ4n) is 4.48. The van der Waals surface area contributed by atoms with E-state index in [9.17, 15) is 4.79 Å². The van der Waals surface area contributed by atoms with Crippen LogP contribution >= 0.6 is 0 Å². The van der Waals surface area contributed by atoms with Gasteiger partial charge in [-0.3, -0.25) is 9.69 Å². The van der Waals surface area contributed by atoms with E-state index in [0.717, 1.165) is 25.1 Å². The van der Waals surface area contributed by atoms with Gasteiger partial charge in [-0.1, -0.05) is 35.9 Å². The third kappa shape index (κ3) is 5.06. The smallest absolute Gasteiger partial charge is 0.236 e. The molecule has 6 nitrogen and oxygen atoms in total. The van der Waals surface area contributed by atoms with Crippen molar-refractivity contribution in [2.24, 2.45) is 0 Å². The second-order valence-corrected chi connectivity index (χ2v) is 8.66. The van der Waals surface area contributed by atoms with Crippen LogP contribution in [-0.4, -0.2) is 61.2 Å². The van der Waals surface area contributed by atoms with Gasteiger partial charge in [0, 0.05) is 38.6 Å². The minimum Gasteiger partial charge on any atom is -0.493 e. The summed E-state index contributed by atoms with van der Waals surface area (Å²) in [6.45, 7) is 4.88. The molecule has 1 amide bonds. The summed E-state index contributed by atoms with van der Waals surface area (Å²) in [5, 5.41) is 0. The molecule has 1 aliphatic rings. The highest BCUT2D eigenvalue weighted by Gasteiger charge is 2.30. The monoisotopic (exact) mass is 447 g/mol. The largest absolute Gasteiger partial charge is 0.493 e. The van der Waals surface area contributed by atoms with Crippen molar-refractivity contribution in [3.05, 3.63) is 83.2 Å². The number of nitrogens with zero attached hydrogens (tertiary/aromatic N) is 3. The third-order valence-corrected chi connectivity index (χ3v) is 6.48. The van der Waals surface area contributed by atoms with Crippen LogP contribution in [-0.2, 0) is 17.8 Å². The average Bonchev–Trinajstić information content (AvgIpc) is 3.31. The maximum Gasteiger partial charge on any atom is 0.236 e. The summed E-state index contributed by atoms with van der Waals surface area (Å²) >= 11 is 0. The zero-order valence-corrected chi connectivity index (χ0v) is 20.0. The maximum absolute atomic E-state index is 13.2. The predicted molar refractivity (Wildman–Crippen MR) is 130 cm³/mol. The summed E-state index contributed by atoms with van der Waals surface area (Å²) in [5.74, 6) is 1.55. The quantitative estimate of drug-likeness (QED) is 0.525. The van der Waals surface area contributed by atoms with Crippen molar-refractivity contribution >= 4 is 5.91 Å². The van der Waals surface area contributed by atoms with Gasteiger partial charge < -0.3 is 18.9 Å². The average molecular weight is 448 g/mol. The first-order valence-electron chi connectivity index (χ1n) is 11.4. The van der Waals surface area contributed by atoms with Gasteiger partial charge in [0.2, 0.25) is 5.91 Å². The molecular formula is C27H33N3O3.